The molecule has 0 amide bonds. The van der Waals surface area contributed by atoms with Gasteiger partial charge >= 0.3 is 5.97 Å². The van der Waals surface area contributed by atoms with Crippen molar-refractivity contribution in [3.63, 3.8) is 0 Å². The van der Waals surface area contributed by atoms with Gasteiger partial charge in [-0.15, -0.1) is 11.3 Å². The van der Waals surface area contributed by atoms with Gasteiger partial charge in [-0.3, -0.25) is 4.79 Å². The molecule has 0 aliphatic carbocycles. The Morgan fingerprint density at radius 2 is 2.20 bits per heavy atom. The molecule has 25 heavy (non-hydrogen) atoms. The second-order valence-corrected chi connectivity index (χ2v) is 8.12. The van der Waals surface area contributed by atoms with Crippen LogP contribution in [-0.4, -0.2) is 56.0 Å². The molecule has 0 aromatic carbocycles. The van der Waals surface area contributed by atoms with Gasteiger partial charge in [0.2, 0.25) is 5.88 Å². The van der Waals surface area contributed by atoms with Crippen molar-refractivity contribution in [2.45, 2.75) is 32.3 Å². The maximum atomic E-state index is 12.3. The molecule has 1 unspecified atom stereocenters. The lowest BCUT2D eigenvalue weighted by Crippen LogP contribution is -2.40. The molecule has 1 saturated heterocycles. The van der Waals surface area contributed by atoms with Crippen LogP contribution in [0.4, 0.5) is 0 Å². The average Bonchev–Trinajstić information content (AvgIpc) is 3.10. The van der Waals surface area contributed by atoms with E-state index in [0.717, 1.165) is 23.1 Å². The first-order valence-corrected chi connectivity index (χ1v) is 10.5. The summed E-state index contributed by atoms with van der Waals surface area (Å²) in [6.45, 7) is 3.48. The molecule has 7 nitrogen and oxygen atoms in total. The first-order chi connectivity index (χ1) is 12.2. The van der Waals surface area contributed by atoms with E-state index in [1.54, 1.807) is 18.3 Å². The Kier molecular flexibility index (Phi) is 6.33. The Morgan fingerprint density at radius 1 is 1.40 bits per heavy atom. The number of esters is 1. The van der Waals surface area contributed by atoms with Crippen LogP contribution in [0.3, 0.4) is 0 Å². The molecule has 9 heteroatoms. The minimum Gasteiger partial charge on any atom is -0.473 e. The zero-order valence-electron chi connectivity index (χ0n) is 14.1. The van der Waals surface area contributed by atoms with E-state index < -0.39 is 11.0 Å². The van der Waals surface area contributed by atoms with Crippen LogP contribution in [0.1, 0.15) is 26.2 Å². The summed E-state index contributed by atoms with van der Waals surface area (Å²) in [5, 5.41) is 1.97. The lowest BCUT2D eigenvalue weighted by Gasteiger charge is -2.30. The van der Waals surface area contributed by atoms with E-state index in [1.807, 2.05) is 15.8 Å². The van der Waals surface area contributed by atoms with E-state index in [1.165, 1.54) is 6.33 Å². The highest BCUT2D eigenvalue weighted by atomic mass is 32.2. The normalized spacial score (nSPS) is 17.5. The van der Waals surface area contributed by atoms with Gasteiger partial charge < -0.3 is 9.47 Å². The lowest BCUT2D eigenvalue weighted by molar-refractivity contribution is -0.142. The van der Waals surface area contributed by atoms with Crippen LogP contribution in [0, 0.1) is 0 Å². The molecule has 0 saturated carbocycles. The van der Waals surface area contributed by atoms with Crippen molar-refractivity contribution in [1.82, 2.24) is 14.3 Å². The highest BCUT2D eigenvalue weighted by molar-refractivity contribution is 7.82. The number of aromatic nitrogens is 2. The van der Waals surface area contributed by atoms with Crippen molar-refractivity contribution in [2.75, 3.05) is 25.4 Å². The van der Waals surface area contributed by atoms with Crippen LogP contribution >= 0.6 is 11.3 Å². The fourth-order valence-electron chi connectivity index (χ4n) is 2.69. The predicted molar refractivity (Wildman–Crippen MR) is 96.9 cm³/mol. The molecule has 0 N–H and O–H groups in total. The van der Waals surface area contributed by atoms with Crippen LogP contribution in [0.25, 0.3) is 10.2 Å². The molecular weight excluding hydrogens is 362 g/mol. The summed E-state index contributed by atoms with van der Waals surface area (Å²) in [6.07, 6.45) is 3.32. The van der Waals surface area contributed by atoms with E-state index >= 15 is 0 Å². The predicted octanol–water partition coefficient (Wildman–Crippen LogP) is 2.15. The molecule has 1 aliphatic rings. The molecule has 136 valence electrons. The van der Waals surface area contributed by atoms with Gasteiger partial charge in [-0.1, -0.05) is 0 Å². The van der Waals surface area contributed by atoms with E-state index in [0.29, 0.717) is 31.3 Å². The summed E-state index contributed by atoms with van der Waals surface area (Å²) in [5.74, 6) is 0.645. The number of carbonyl (C=O) groups is 1. The second kappa shape index (κ2) is 8.68. The van der Waals surface area contributed by atoms with Crippen LogP contribution in [0.5, 0.6) is 5.88 Å². The van der Waals surface area contributed by atoms with Crippen LogP contribution in [0.2, 0.25) is 0 Å². The number of fused-ring (bicyclic) bond motifs is 1. The Bertz CT molecular complexity index is 744. The quantitative estimate of drug-likeness (QED) is 0.682. The van der Waals surface area contributed by atoms with E-state index in [-0.39, 0.29) is 18.5 Å². The van der Waals surface area contributed by atoms with Crippen molar-refractivity contribution in [3.05, 3.63) is 17.8 Å². The highest BCUT2D eigenvalue weighted by Gasteiger charge is 2.25. The second-order valence-electron chi connectivity index (χ2n) is 5.64. The summed E-state index contributed by atoms with van der Waals surface area (Å²) in [6, 6.07) is 1.95. The van der Waals surface area contributed by atoms with Crippen LogP contribution in [0.15, 0.2) is 17.8 Å². The number of nitrogens with zero attached hydrogens (tertiary/aromatic N) is 3. The number of hydrogen-bond acceptors (Lipinski definition) is 7. The van der Waals surface area contributed by atoms with Gasteiger partial charge in [0.15, 0.2) is 0 Å². The minimum absolute atomic E-state index is 0.0542. The average molecular weight is 383 g/mol. The van der Waals surface area contributed by atoms with E-state index in [9.17, 15) is 9.00 Å². The number of rotatable bonds is 7. The Morgan fingerprint density at radius 3 is 2.96 bits per heavy atom. The number of thiophene rings is 1. The van der Waals surface area contributed by atoms with Crippen molar-refractivity contribution < 1.29 is 18.5 Å². The third kappa shape index (κ3) is 4.74. The van der Waals surface area contributed by atoms with Gasteiger partial charge in [0.05, 0.1) is 29.5 Å². The highest BCUT2D eigenvalue weighted by Crippen LogP contribution is 2.29. The van der Waals surface area contributed by atoms with Crippen molar-refractivity contribution >= 4 is 38.5 Å². The molecular formula is C16H21N3O4S2. The van der Waals surface area contributed by atoms with Gasteiger partial charge in [0, 0.05) is 18.8 Å². The molecule has 0 radical (unpaired) electrons. The van der Waals surface area contributed by atoms with Crippen LogP contribution < -0.4 is 4.74 Å². The lowest BCUT2D eigenvalue weighted by atomic mass is 10.1. The summed E-state index contributed by atoms with van der Waals surface area (Å²) in [4.78, 5) is 19.8. The zero-order chi connectivity index (χ0) is 17.6. The molecule has 2 aromatic rings. The fourth-order valence-corrected chi connectivity index (χ4v) is 4.69. The van der Waals surface area contributed by atoms with E-state index in [4.69, 9.17) is 9.47 Å². The third-order valence-electron chi connectivity index (χ3n) is 3.96. The molecule has 0 spiro atoms. The first kappa shape index (κ1) is 18.2. The Hall–Kier alpha value is -1.58. The molecule has 1 atom stereocenters. The van der Waals surface area contributed by atoms with Gasteiger partial charge in [-0.25, -0.2) is 18.5 Å². The number of ether oxygens (including phenoxy) is 2. The fraction of sp³-hybridized carbons (Fsp3) is 0.562. The summed E-state index contributed by atoms with van der Waals surface area (Å²) in [5.41, 5.74) is 0.896. The van der Waals surface area contributed by atoms with Gasteiger partial charge in [0.1, 0.15) is 17.1 Å². The molecule has 3 heterocycles. The summed E-state index contributed by atoms with van der Waals surface area (Å²) < 4.78 is 26.1. The maximum Gasteiger partial charge on any atom is 0.306 e. The smallest absolute Gasteiger partial charge is 0.306 e. The molecule has 1 aliphatic heterocycles. The van der Waals surface area contributed by atoms with Crippen molar-refractivity contribution in [3.8, 4) is 5.88 Å². The van der Waals surface area contributed by atoms with Crippen LogP contribution in [-0.2, 0) is 20.5 Å². The largest absolute Gasteiger partial charge is 0.473 e. The number of piperidine rings is 1. The standard InChI is InChI=1S/C16H21N3O4S2/c1-2-22-14(20)6-10-25(21)19-7-3-12(4-8-19)23-16-15-13(5-9-24-15)17-11-18-16/h5,9,11-12H,2-4,6-8,10H2,1H3. The van der Waals surface area contributed by atoms with Gasteiger partial charge in [-0.05, 0) is 31.2 Å². The third-order valence-corrected chi connectivity index (χ3v) is 6.35. The zero-order valence-corrected chi connectivity index (χ0v) is 15.7. The monoisotopic (exact) mass is 383 g/mol. The number of carbonyl (C=O) groups excluding carboxylic acids is 1. The maximum absolute atomic E-state index is 12.3. The van der Waals surface area contributed by atoms with Gasteiger partial charge in [-0.2, -0.15) is 0 Å². The van der Waals surface area contributed by atoms with Gasteiger partial charge in [0.25, 0.3) is 0 Å². The summed E-state index contributed by atoms with van der Waals surface area (Å²) in [7, 11) is -1.15. The van der Waals surface area contributed by atoms with E-state index in [2.05, 4.69) is 9.97 Å². The Labute approximate surface area is 152 Å². The first-order valence-electron chi connectivity index (χ1n) is 8.31. The summed E-state index contributed by atoms with van der Waals surface area (Å²) >= 11 is 1.57. The topological polar surface area (TPSA) is 81.6 Å². The number of hydrogen-bond donors (Lipinski definition) is 0. The SMILES string of the molecule is CCOC(=O)CCS(=O)N1CCC(Oc2ncnc3ccsc23)CC1. The molecule has 3 rings (SSSR count). The van der Waals surface area contributed by atoms with Crippen molar-refractivity contribution in [2.24, 2.45) is 0 Å². The Balaban J connectivity index is 1.48. The molecule has 0 bridgehead atoms. The minimum atomic E-state index is -1.15. The van der Waals surface area contributed by atoms with Crippen molar-refractivity contribution in [1.29, 1.82) is 0 Å². The molecule has 1 fully saturated rings. The molecule has 2 aromatic heterocycles.